The van der Waals surface area contributed by atoms with Gasteiger partial charge in [-0.05, 0) is 31.0 Å². The summed E-state index contributed by atoms with van der Waals surface area (Å²) in [4.78, 5) is 19.0. The van der Waals surface area contributed by atoms with Gasteiger partial charge in [-0.2, -0.15) is 0 Å². The average Bonchev–Trinajstić information content (AvgIpc) is 2.74. The predicted octanol–water partition coefficient (Wildman–Crippen LogP) is 1.76. The fraction of sp³-hybridized carbons (Fsp3) is 0.500. The van der Waals surface area contributed by atoms with Gasteiger partial charge in [0.25, 0.3) is 5.91 Å². The summed E-state index contributed by atoms with van der Waals surface area (Å²) in [6.45, 7) is 1.20. The van der Waals surface area contributed by atoms with E-state index in [-0.39, 0.29) is 11.9 Å². The number of benzene rings is 1. The second kappa shape index (κ2) is 4.95. The summed E-state index contributed by atoms with van der Waals surface area (Å²) in [5.74, 6) is 0.822. The number of ether oxygens (including phenoxy) is 2. The Balaban J connectivity index is 1.91. The fourth-order valence-electron chi connectivity index (χ4n) is 3.78. The van der Waals surface area contributed by atoms with Crippen LogP contribution < -0.4 is 10.5 Å². The Morgan fingerprint density at radius 1 is 1.43 bits per heavy atom. The molecule has 1 aromatic carbocycles. The predicted molar refractivity (Wildman–Crippen MR) is 88.2 cm³/mol. The molecule has 2 spiro atoms. The number of nitrogens with two attached hydrogens (primary N) is 1. The summed E-state index contributed by atoms with van der Waals surface area (Å²) in [7, 11) is 1.66. The molecule has 1 saturated heterocycles. The van der Waals surface area contributed by atoms with Gasteiger partial charge in [-0.15, -0.1) is 0 Å². The van der Waals surface area contributed by atoms with Gasteiger partial charge in [-0.25, -0.2) is 4.99 Å². The van der Waals surface area contributed by atoms with Crippen molar-refractivity contribution in [2.45, 2.75) is 30.4 Å². The molecule has 0 bridgehead atoms. The molecule has 6 nitrogen and oxygen atoms in total. The molecule has 3 aliphatic rings. The average molecular weight is 380 g/mol. The molecule has 23 heavy (non-hydrogen) atoms. The molecule has 0 unspecified atom stereocenters. The molecule has 7 heteroatoms. The molecule has 1 aromatic rings. The number of likely N-dealkylation sites (N-methyl/N-ethyl adjacent to an activating group) is 1. The number of amides is 1. The van der Waals surface area contributed by atoms with Crippen LogP contribution in [0.1, 0.15) is 24.8 Å². The lowest BCUT2D eigenvalue weighted by molar-refractivity contribution is -0.139. The number of carbonyl (C=O) groups is 1. The highest BCUT2D eigenvalue weighted by atomic mass is 79.9. The van der Waals surface area contributed by atoms with Crippen molar-refractivity contribution < 1.29 is 14.3 Å². The van der Waals surface area contributed by atoms with E-state index in [1.165, 1.54) is 4.90 Å². The number of aliphatic imine (C=N–C) groups is 1. The van der Waals surface area contributed by atoms with Gasteiger partial charge in [0.2, 0.25) is 0 Å². The van der Waals surface area contributed by atoms with Gasteiger partial charge in [-0.3, -0.25) is 9.69 Å². The third-order valence-electron chi connectivity index (χ3n) is 4.89. The third-order valence-corrected chi connectivity index (χ3v) is 5.38. The molecule has 2 N–H and O–H groups in total. The zero-order valence-corrected chi connectivity index (χ0v) is 14.4. The maximum Gasteiger partial charge on any atom is 0.261 e. The van der Waals surface area contributed by atoms with Crippen LogP contribution in [0.5, 0.6) is 5.75 Å². The molecule has 4 rings (SSSR count). The minimum Gasteiger partial charge on any atom is -0.484 e. The summed E-state index contributed by atoms with van der Waals surface area (Å²) in [5, 5.41) is 0. The Hall–Kier alpha value is -1.60. The van der Waals surface area contributed by atoms with Gasteiger partial charge < -0.3 is 15.2 Å². The first kappa shape index (κ1) is 15.0. The van der Waals surface area contributed by atoms with Crippen molar-refractivity contribution in [1.29, 1.82) is 0 Å². The van der Waals surface area contributed by atoms with E-state index < -0.39 is 11.1 Å². The SMILES string of the molecule is CN1C(=O)[C@@]2(C[C@]3(CCCOC3)Oc3ccc(Br)cc32)N=C1N. The van der Waals surface area contributed by atoms with E-state index in [0.717, 1.165) is 29.5 Å². The third kappa shape index (κ3) is 2.10. The van der Waals surface area contributed by atoms with E-state index in [0.29, 0.717) is 18.8 Å². The van der Waals surface area contributed by atoms with Crippen LogP contribution in [0, 0.1) is 0 Å². The highest BCUT2D eigenvalue weighted by molar-refractivity contribution is 9.10. The Labute approximate surface area is 142 Å². The molecule has 0 aliphatic carbocycles. The van der Waals surface area contributed by atoms with E-state index >= 15 is 0 Å². The van der Waals surface area contributed by atoms with Gasteiger partial charge in [0.15, 0.2) is 11.5 Å². The molecule has 0 saturated carbocycles. The Bertz CT molecular complexity index is 715. The van der Waals surface area contributed by atoms with Gasteiger partial charge >= 0.3 is 0 Å². The lowest BCUT2D eigenvalue weighted by atomic mass is 9.74. The highest BCUT2D eigenvalue weighted by Gasteiger charge is 2.58. The molecule has 0 aromatic heterocycles. The highest BCUT2D eigenvalue weighted by Crippen LogP contribution is 2.51. The van der Waals surface area contributed by atoms with Crippen LogP contribution in [0.25, 0.3) is 0 Å². The van der Waals surface area contributed by atoms with Crippen molar-refractivity contribution in [2.75, 3.05) is 20.3 Å². The first-order valence-corrected chi connectivity index (χ1v) is 8.45. The van der Waals surface area contributed by atoms with Crippen LogP contribution in [0.2, 0.25) is 0 Å². The number of guanidine groups is 1. The van der Waals surface area contributed by atoms with Crippen molar-refractivity contribution in [2.24, 2.45) is 10.7 Å². The summed E-state index contributed by atoms with van der Waals surface area (Å²) in [6.07, 6.45) is 2.20. The maximum absolute atomic E-state index is 13.0. The Kier molecular flexibility index (Phi) is 3.22. The molecule has 0 radical (unpaired) electrons. The molecular weight excluding hydrogens is 362 g/mol. The first-order chi connectivity index (χ1) is 11.0. The van der Waals surface area contributed by atoms with Gasteiger partial charge in [0.05, 0.1) is 6.61 Å². The van der Waals surface area contributed by atoms with Crippen LogP contribution in [0.4, 0.5) is 0 Å². The molecule has 3 heterocycles. The lowest BCUT2D eigenvalue weighted by Crippen LogP contribution is -2.55. The topological polar surface area (TPSA) is 77.2 Å². The minimum absolute atomic E-state index is 0.109. The molecule has 122 valence electrons. The Morgan fingerprint density at radius 2 is 2.26 bits per heavy atom. The summed E-state index contributed by atoms with van der Waals surface area (Å²) < 4.78 is 12.8. The van der Waals surface area contributed by atoms with Gasteiger partial charge in [0, 0.05) is 30.1 Å². The lowest BCUT2D eigenvalue weighted by Gasteiger charge is -2.46. The Morgan fingerprint density at radius 3 is 2.91 bits per heavy atom. The van der Waals surface area contributed by atoms with Crippen LogP contribution in [-0.4, -0.2) is 42.6 Å². The number of rotatable bonds is 0. The van der Waals surface area contributed by atoms with Gasteiger partial charge in [0.1, 0.15) is 11.4 Å². The summed E-state index contributed by atoms with van der Waals surface area (Å²) >= 11 is 3.47. The number of nitrogens with zero attached hydrogens (tertiary/aromatic N) is 2. The largest absolute Gasteiger partial charge is 0.484 e. The van der Waals surface area contributed by atoms with Crippen molar-refractivity contribution in [3.05, 3.63) is 28.2 Å². The van der Waals surface area contributed by atoms with Crippen LogP contribution in [-0.2, 0) is 15.1 Å². The zero-order valence-electron chi connectivity index (χ0n) is 12.8. The van der Waals surface area contributed by atoms with E-state index in [1.807, 2.05) is 18.2 Å². The number of hydrogen-bond donors (Lipinski definition) is 1. The van der Waals surface area contributed by atoms with Crippen LogP contribution >= 0.6 is 15.9 Å². The normalized spacial score (nSPS) is 32.9. The molecule has 1 amide bonds. The van der Waals surface area contributed by atoms with Crippen molar-refractivity contribution >= 4 is 27.8 Å². The monoisotopic (exact) mass is 379 g/mol. The zero-order chi connectivity index (χ0) is 16.2. The van der Waals surface area contributed by atoms with Crippen molar-refractivity contribution in [1.82, 2.24) is 4.90 Å². The number of halogens is 1. The molecule has 1 fully saturated rings. The maximum atomic E-state index is 13.0. The number of hydrogen-bond acceptors (Lipinski definition) is 5. The van der Waals surface area contributed by atoms with Crippen molar-refractivity contribution in [3.63, 3.8) is 0 Å². The molecule has 3 aliphatic heterocycles. The quantitative estimate of drug-likeness (QED) is 0.744. The summed E-state index contributed by atoms with van der Waals surface area (Å²) in [5.41, 5.74) is 5.18. The second-order valence-corrected chi connectivity index (χ2v) is 7.37. The van der Waals surface area contributed by atoms with E-state index in [2.05, 4.69) is 20.9 Å². The summed E-state index contributed by atoms with van der Waals surface area (Å²) in [6, 6.07) is 5.69. The number of fused-ring (bicyclic) bond motifs is 2. The molecule has 2 atom stereocenters. The second-order valence-electron chi connectivity index (χ2n) is 6.45. The van der Waals surface area contributed by atoms with E-state index in [9.17, 15) is 4.79 Å². The van der Waals surface area contributed by atoms with Crippen LogP contribution in [0.3, 0.4) is 0 Å². The standard InChI is InChI=1S/C16H18BrN3O3/c1-20-13(21)16(19-14(20)18)8-15(5-2-6-22-9-15)23-12-4-3-10(17)7-11(12)16/h3-4,7H,2,5-6,8-9H2,1H3,(H2,18,19)/t15-,16-/m0/s1. The van der Waals surface area contributed by atoms with E-state index in [4.69, 9.17) is 15.2 Å². The first-order valence-electron chi connectivity index (χ1n) is 7.66. The van der Waals surface area contributed by atoms with Crippen molar-refractivity contribution in [3.8, 4) is 5.75 Å². The molecular formula is C16H18BrN3O3. The number of carbonyl (C=O) groups excluding carboxylic acids is 1. The van der Waals surface area contributed by atoms with E-state index in [1.54, 1.807) is 7.05 Å². The fourth-order valence-corrected chi connectivity index (χ4v) is 4.14. The smallest absolute Gasteiger partial charge is 0.261 e. The minimum atomic E-state index is -1.02. The van der Waals surface area contributed by atoms with Crippen LogP contribution in [0.15, 0.2) is 27.7 Å². The van der Waals surface area contributed by atoms with Gasteiger partial charge in [-0.1, -0.05) is 15.9 Å².